The molecule has 0 heterocycles. The van der Waals surface area contributed by atoms with E-state index in [2.05, 4.69) is 64.9 Å². The highest BCUT2D eigenvalue weighted by Gasteiger charge is 2.28. The van der Waals surface area contributed by atoms with Crippen molar-refractivity contribution in [3.63, 3.8) is 0 Å². The van der Waals surface area contributed by atoms with Gasteiger partial charge in [-0.1, -0.05) is 23.8 Å². The van der Waals surface area contributed by atoms with E-state index >= 15 is 0 Å². The van der Waals surface area contributed by atoms with Gasteiger partial charge < -0.3 is 10.6 Å². The molecule has 1 aromatic rings. The summed E-state index contributed by atoms with van der Waals surface area (Å²) in [4.78, 5) is 2.20. The van der Waals surface area contributed by atoms with E-state index in [1.807, 2.05) is 0 Å². The molecule has 0 amide bonds. The van der Waals surface area contributed by atoms with E-state index in [-0.39, 0.29) is 11.6 Å². The molecular weight excluding hydrogens is 208 g/mol. The Hall–Kier alpha value is -0.860. The molecule has 1 rings (SSSR count). The number of benzene rings is 1. The lowest BCUT2D eigenvalue weighted by atomic mass is 9.87. The molecule has 0 spiro atoms. The third-order valence-electron chi connectivity index (χ3n) is 4.00. The molecule has 96 valence electrons. The third kappa shape index (κ3) is 3.30. The molecule has 1 unspecified atom stereocenters. The smallest absolute Gasteiger partial charge is 0.0301 e. The molecule has 0 bridgehead atoms. The standard InChI is InChI=1S/C15H26N2/c1-11-7-8-12(2)13(9-11)10-14(16)15(3,4)17(5)6/h7-9,14H,10,16H2,1-6H3. The van der Waals surface area contributed by atoms with Crippen LogP contribution in [0.3, 0.4) is 0 Å². The Morgan fingerprint density at radius 1 is 1.24 bits per heavy atom. The highest BCUT2D eigenvalue weighted by molar-refractivity contribution is 5.31. The van der Waals surface area contributed by atoms with Gasteiger partial charge in [-0.2, -0.15) is 0 Å². The third-order valence-corrected chi connectivity index (χ3v) is 4.00. The van der Waals surface area contributed by atoms with Crippen LogP contribution in [0.5, 0.6) is 0 Å². The summed E-state index contributed by atoms with van der Waals surface area (Å²) in [6.07, 6.45) is 0.929. The molecule has 0 fully saturated rings. The van der Waals surface area contributed by atoms with E-state index in [0.717, 1.165) is 6.42 Å². The van der Waals surface area contributed by atoms with E-state index in [4.69, 9.17) is 5.73 Å². The SMILES string of the molecule is Cc1ccc(C)c(CC(N)C(C)(C)N(C)C)c1. The van der Waals surface area contributed by atoms with Crippen molar-refractivity contribution in [2.24, 2.45) is 5.73 Å². The van der Waals surface area contributed by atoms with Crippen LogP contribution in [-0.4, -0.2) is 30.6 Å². The Bertz CT molecular complexity index is 381. The summed E-state index contributed by atoms with van der Waals surface area (Å²) in [5.41, 5.74) is 10.4. The molecule has 0 aliphatic rings. The van der Waals surface area contributed by atoms with Crippen molar-refractivity contribution in [2.75, 3.05) is 14.1 Å². The number of hydrogen-bond donors (Lipinski definition) is 1. The first-order chi connectivity index (χ1) is 7.75. The number of nitrogens with zero attached hydrogens (tertiary/aromatic N) is 1. The molecule has 0 radical (unpaired) electrons. The Balaban J connectivity index is 2.88. The Morgan fingerprint density at radius 3 is 2.35 bits per heavy atom. The normalized spacial score (nSPS) is 14.1. The van der Waals surface area contributed by atoms with Gasteiger partial charge in [-0.25, -0.2) is 0 Å². The molecule has 2 N–H and O–H groups in total. The van der Waals surface area contributed by atoms with Gasteiger partial charge in [0.2, 0.25) is 0 Å². The fraction of sp³-hybridized carbons (Fsp3) is 0.600. The summed E-state index contributed by atoms with van der Waals surface area (Å²) in [7, 11) is 4.17. The van der Waals surface area contributed by atoms with Crippen molar-refractivity contribution in [1.82, 2.24) is 4.90 Å². The van der Waals surface area contributed by atoms with E-state index < -0.39 is 0 Å². The van der Waals surface area contributed by atoms with Crippen LogP contribution in [-0.2, 0) is 6.42 Å². The number of rotatable bonds is 4. The first kappa shape index (κ1) is 14.2. The van der Waals surface area contributed by atoms with Gasteiger partial charge in [-0.15, -0.1) is 0 Å². The minimum atomic E-state index is 0.0101. The first-order valence-electron chi connectivity index (χ1n) is 6.24. The first-order valence-corrected chi connectivity index (χ1v) is 6.24. The summed E-state index contributed by atoms with van der Waals surface area (Å²) in [5, 5.41) is 0. The molecule has 2 heteroatoms. The zero-order chi connectivity index (χ0) is 13.2. The summed E-state index contributed by atoms with van der Waals surface area (Å²) in [6, 6.07) is 6.72. The van der Waals surface area contributed by atoms with Gasteiger partial charge in [0.15, 0.2) is 0 Å². The molecule has 0 aliphatic carbocycles. The van der Waals surface area contributed by atoms with Crippen LogP contribution in [0.25, 0.3) is 0 Å². The van der Waals surface area contributed by atoms with Crippen LogP contribution in [0, 0.1) is 13.8 Å². The van der Waals surface area contributed by atoms with Crippen LogP contribution < -0.4 is 5.73 Å². The van der Waals surface area contributed by atoms with Crippen LogP contribution in [0.4, 0.5) is 0 Å². The molecule has 2 nitrogen and oxygen atoms in total. The summed E-state index contributed by atoms with van der Waals surface area (Å²) in [6.45, 7) is 8.68. The maximum absolute atomic E-state index is 6.36. The van der Waals surface area contributed by atoms with E-state index in [9.17, 15) is 0 Å². The predicted molar refractivity (Wildman–Crippen MR) is 75.4 cm³/mol. The number of aryl methyl sites for hydroxylation is 2. The van der Waals surface area contributed by atoms with Gasteiger partial charge in [0.25, 0.3) is 0 Å². The fourth-order valence-corrected chi connectivity index (χ4v) is 1.84. The van der Waals surface area contributed by atoms with Crippen molar-refractivity contribution in [1.29, 1.82) is 0 Å². The fourth-order valence-electron chi connectivity index (χ4n) is 1.84. The van der Waals surface area contributed by atoms with Crippen molar-refractivity contribution in [3.8, 4) is 0 Å². The van der Waals surface area contributed by atoms with Crippen molar-refractivity contribution in [2.45, 2.75) is 45.7 Å². The number of nitrogens with two attached hydrogens (primary N) is 1. The summed E-state index contributed by atoms with van der Waals surface area (Å²) < 4.78 is 0. The Morgan fingerprint density at radius 2 is 1.82 bits per heavy atom. The van der Waals surface area contributed by atoms with Gasteiger partial charge in [-0.05, 0) is 59.3 Å². The molecule has 0 aromatic heterocycles. The summed E-state index contributed by atoms with van der Waals surface area (Å²) >= 11 is 0. The Kier molecular flexibility index (Phi) is 4.34. The van der Waals surface area contributed by atoms with Crippen LogP contribution >= 0.6 is 0 Å². The van der Waals surface area contributed by atoms with Crippen molar-refractivity contribution < 1.29 is 0 Å². The molecule has 1 atom stereocenters. The van der Waals surface area contributed by atoms with E-state index in [1.54, 1.807) is 0 Å². The van der Waals surface area contributed by atoms with E-state index in [1.165, 1.54) is 16.7 Å². The van der Waals surface area contributed by atoms with Crippen molar-refractivity contribution in [3.05, 3.63) is 34.9 Å². The monoisotopic (exact) mass is 234 g/mol. The average Bonchev–Trinajstić information content (AvgIpc) is 2.23. The second kappa shape index (κ2) is 5.19. The van der Waals surface area contributed by atoms with Crippen molar-refractivity contribution >= 4 is 0 Å². The minimum absolute atomic E-state index is 0.0101. The molecule has 0 saturated heterocycles. The maximum atomic E-state index is 6.36. The molecule has 1 aromatic carbocycles. The van der Waals surface area contributed by atoms with Gasteiger partial charge >= 0.3 is 0 Å². The zero-order valence-electron chi connectivity index (χ0n) is 12.0. The van der Waals surface area contributed by atoms with Gasteiger partial charge in [0.05, 0.1) is 0 Å². The lowest BCUT2D eigenvalue weighted by molar-refractivity contribution is 0.158. The minimum Gasteiger partial charge on any atom is -0.326 e. The highest BCUT2D eigenvalue weighted by atomic mass is 15.2. The topological polar surface area (TPSA) is 29.3 Å². The van der Waals surface area contributed by atoms with Crippen LogP contribution in [0.15, 0.2) is 18.2 Å². The Labute approximate surface area is 106 Å². The van der Waals surface area contributed by atoms with E-state index in [0.29, 0.717) is 0 Å². The molecule has 0 saturated carbocycles. The van der Waals surface area contributed by atoms with Gasteiger partial charge in [0, 0.05) is 11.6 Å². The lowest BCUT2D eigenvalue weighted by Crippen LogP contribution is -2.54. The zero-order valence-corrected chi connectivity index (χ0v) is 12.0. The van der Waals surface area contributed by atoms with Gasteiger partial charge in [0.1, 0.15) is 0 Å². The second-order valence-electron chi connectivity index (χ2n) is 5.79. The second-order valence-corrected chi connectivity index (χ2v) is 5.79. The van der Waals surface area contributed by atoms with Gasteiger partial charge in [-0.3, -0.25) is 0 Å². The predicted octanol–water partition coefficient (Wildman–Crippen LogP) is 2.51. The molecule has 0 aliphatic heterocycles. The van der Waals surface area contributed by atoms with Crippen LogP contribution in [0.2, 0.25) is 0 Å². The summed E-state index contributed by atoms with van der Waals surface area (Å²) in [5.74, 6) is 0. The lowest BCUT2D eigenvalue weighted by Gasteiger charge is -2.38. The molecular formula is C15H26N2. The van der Waals surface area contributed by atoms with Crippen LogP contribution in [0.1, 0.15) is 30.5 Å². The molecule has 17 heavy (non-hydrogen) atoms. The number of hydrogen-bond acceptors (Lipinski definition) is 2. The highest BCUT2D eigenvalue weighted by Crippen LogP contribution is 2.20. The quantitative estimate of drug-likeness (QED) is 0.867. The average molecular weight is 234 g/mol. The maximum Gasteiger partial charge on any atom is 0.0301 e. The number of likely N-dealkylation sites (N-methyl/N-ethyl adjacent to an activating group) is 1. The largest absolute Gasteiger partial charge is 0.326 e.